The van der Waals surface area contributed by atoms with E-state index in [0.29, 0.717) is 6.42 Å². The summed E-state index contributed by atoms with van der Waals surface area (Å²) in [6, 6.07) is 0. The van der Waals surface area contributed by atoms with Crippen LogP contribution in [0.1, 0.15) is 12.8 Å². The normalized spacial score (nSPS) is 31.4. The van der Waals surface area contributed by atoms with E-state index in [1.807, 2.05) is 6.26 Å². The molecule has 1 aliphatic rings. The lowest BCUT2D eigenvalue weighted by Gasteiger charge is -2.39. The topological polar surface area (TPSA) is 166 Å². The van der Waals surface area contributed by atoms with E-state index in [0.717, 1.165) is 11.8 Å². The molecule has 5 N–H and O–H groups in total. The maximum absolute atomic E-state index is 10.7. The summed E-state index contributed by atoms with van der Waals surface area (Å²) in [5.41, 5.74) is -1.14. The van der Waals surface area contributed by atoms with E-state index in [1.54, 1.807) is 11.5 Å². The third-order valence-corrected chi connectivity index (χ3v) is 4.99. The highest BCUT2D eigenvalue weighted by molar-refractivity contribution is 8.14. The van der Waals surface area contributed by atoms with Gasteiger partial charge in [-0.25, -0.2) is 4.28 Å². The van der Waals surface area contributed by atoms with Crippen LogP contribution in [-0.4, -0.2) is 81.2 Å². The molecule has 146 valence electrons. The molecule has 5 atom stereocenters. The van der Waals surface area contributed by atoms with Crippen LogP contribution in [0.3, 0.4) is 0 Å². The van der Waals surface area contributed by atoms with E-state index < -0.39 is 46.9 Å². The van der Waals surface area contributed by atoms with Crippen molar-refractivity contribution >= 4 is 39.0 Å². The highest BCUT2D eigenvalue weighted by Crippen LogP contribution is 2.30. The minimum Gasteiger partial charge on any atom is -0.394 e. The van der Waals surface area contributed by atoms with Crippen LogP contribution in [0.5, 0.6) is 0 Å². The molecule has 0 spiro atoms. The molecule has 0 aliphatic carbocycles. The Balaban J connectivity index is 2.85. The molecule has 13 heteroatoms. The monoisotopic (exact) mass is 419 g/mol. The number of hydrogen-bond donors (Lipinski definition) is 5. The summed E-state index contributed by atoms with van der Waals surface area (Å²) >= 11 is 2.21. The lowest BCUT2D eigenvalue weighted by Crippen LogP contribution is -2.57. The second-order valence-electron chi connectivity index (χ2n) is 4.95. The van der Waals surface area contributed by atoms with E-state index in [2.05, 4.69) is 9.44 Å². The molecule has 0 saturated carbocycles. The number of aliphatic hydroxyl groups is 4. The Bertz CT molecular complexity index is 566. The highest BCUT2D eigenvalue weighted by atomic mass is 32.3. The first-order chi connectivity index (χ1) is 11.7. The average molecular weight is 419 g/mol. The summed E-state index contributed by atoms with van der Waals surface area (Å²) in [5, 5.41) is 43.8. The molecule has 1 heterocycles. The number of hydrogen-bond acceptors (Lipinski definition) is 11. The van der Waals surface area contributed by atoms with Gasteiger partial charge in [0.05, 0.1) is 6.61 Å². The van der Waals surface area contributed by atoms with Gasteiger partial charge >= 0.3 is 10.4 Å². The molecule has 1 fully saturated rings. The summed E-state index contributed by atoms with van der Waals surface area (Å²) < 4.78 is 39.3. The number of aliphatic hydroxyl groups excluding tert-OH is 4. The van der Waals surface area contributed by atoms with Gasteiger partial charge in [0.15, 0.2) is 0 Å². The van der Waals surface area contributed by atoms with E-state index in [1.165, 1.54) is 11.8 Å². The fourth-order valence-corrected chi connectivity index (χ4v) is 3.53. The zero-order valence-corrected chi connectivity index (χ0v) is 15.7. The lowest BCUT2D eigenvalue weighted by molar-refractivity contribution is -0.205. The molecule has 0 aromatic carbocycles. The Hall–Kier alpha value is -0.380. The van der Waals surface area contributed by atoms with Crippen molar-refractivity contribution in [3.05, 3.63) is 11.5 Å². The maximum atomic E-state index is 10.7. The molecule has 5 unspecified atom stereocenters. The van der Waals surface area contributed by atoms with Gasteiger partial charge in [-0.3, -0.25) is 4.55 Å². The molecule has 0 radical (unpaired) electrons. The van der Waals surface area contributed by atoms with Crippen molar-refractivity contribution in [3.8, 4) is 0 Å². The van der Waals surface area contributed by atoms with Crippen molar-refractivity contribution in [2.75, 3.05) is 12.9 Å². The van der Waals surface area contributed by atoms with Gasteiger partial charge in [-0.2, -0.15) is 8.42 Å². The Labute approximate surface area is 153 Å². The minimum atomic E-state index is -4.80. The van der Waals surface area contributed by atoms with Crippen molar-refractivity contribution in [3.63, 3.8) is 0 Å². The van der Waals surface area contributed by atoms with E-state index in [4.69, 9.17) is 14.4 Å². The zero-order valence-electron chi connectivity index (χ0n) is 13.2. The average Bonchev–Trinajstić information content (AvgIpc) is 2.55. The van der Waals surface area contributed by atoms with Gasteiger partial charge in [-0.05, 0) is 18.1 Å². The molecule has 1 saturated heterocycles. The molecular formula is C12H21NO9S3. The number of ether oxygens (including phenoxy) is 1. The number of oxime groups is 1. The van der Waals surface area contributed by atoms with E-state index >= 15 is 0 Å². The first kappa shape index (κ1) is 22.7. The fraction of sp³-hybridized carbons (Fsp3) is 0.750. The summed E-state index contributed by atoms with van der Waals surface area (Å²) in [6.45, 7) is -0.591. The van der Waals surface area contributed by atoms with Crippen molar-refractivity contribution in [1.29, 1.82) is 0 Å². The molecule has 0 aromatic rings. The molecule has 1 aliphatic heterocycles. The highest BCUT2D eigenvalue weighted by Gasteiger charge is 2.44. The van der Waals surface area contributed by atoms with Gasteiger partial charge in [0, 0.05) is 6.42 Å². The fourth-order valence-electron chi connectivity index (χ4n) is 1.88. The van der Waals surface area contributed by atoms with Gasteiger partial charge in [0.1, 0.15) is 34.9 Å². The van der Waals surface area contributed by atoms with Crippen molar-refractivity contribution in [2.24, 2.45) is 5.16 Å². The van der Waals surface area contributed by atoms with Crippen molar-refractivity contribution in [1.82, 2.24) is 0 Å². The predicted molar refractivity (Wildman–Crippen MR) is 93.3 cm³/mol. The third-order valence-electron chi connectivity index (χ3n) is 3.09. The van der Waals surface area contributed by atoms with Crippen molar-refractivity contribution in [2.45, 2.75) is 42.7 Å². The zero-order chi connectivity index (χ0) is 19.0. The van der Waals surface area contributed by atoms with Gasteiger partial charge < -0.3 is 25.2 Å². The molecule has 0 aromatic heterocycles. The second-order valence-corrected chi connectivity index (χ2v) is 7.87. The SMILES string of the molecule is CSC=CCCC(=NOS(=O)(=O)O)SC1OC(CO)C(O)C(O)C1O. The lowest BCUT2D eigenvalue weighted by atomic mass is 10.0. The Kier molecular flexibility index (Phi) is 9.69. The van der Waals surface area contributed by atoms with Crippen LogP contribution in [-0.2, 0) is 19.4 Å². The van der Waals surface area contributed by atoms with Crippen LogP contribution in [0.25, 0.3) is 0 Å². The predicted octanol–water partition coefficient (Wildman–Crippen LogP) is -0.691. The van der Waals surface area contributed by atoms with Crippen LogP contribution in [0.15, 0.2) is 16.6 Å². The first-order valence-electron chi connectivity index (χ1n) is 7.07. The number of nitrogens with zero attached hydrogens (tertiary/aromatic N) is 1. The van der Waals surface area contributed by atoms with Gasteiger partial charge in [0.2, 0.25) is 0 Å². The van der Waals surface area contributed by atoms with Gasteiger partial charge in [-0.1, -0.05) is 23.0 Å². The molecule has 0 bridgehead atoms. The Morgan fingerprint density at radius 3 is 2.52 bits per heavy atom. The Morgan fingerprint density at radius 2 is 1.96 bits per heavy atom. The molecule has 1 rings (SSSR count). The number of allylic oxidation sites excluding steroid dienone is 1. The standard InChI is InChI=1S/C12H21NO9S3/c1-23-5-3-2-4-8(13-22-25(18,19)20)24-12-11(17)10(16)9(15)7(6-14)21-12/h3,5,7,9-12,14-17H,2,4,6H2,1H3,(H,18,19,20). The minimum absolute atomic E-state index is 0.0627. The quantitative estimate of drug-likeness (QED) is 0.146. The van der Waals surface area contributed by atoms with Crippen LogP contribution >= 0.6 is 23.5 Å². The largest absolute Gasteiger partial charge is 0.466 e. The first-order valence-corrected chi connectivity index (χ1v) is 10.6. The van der Waals surface area contributed by atoms with Crippen molar-refractivity contribution < 1.29 is 42.4 Å². The molecular weight excluding hydrogens is 398 g/mol. The number of thioether (sulfide) groups is 2. The molecule has 25 heavy (non-hydrogen) atoms. The molecule has 10 nitrogen and oxygen atoms in total. The smallest absolute Gasteiger partial charge is 0.394 e. The van der Waals surface area contributed by atoms with Crippen LogP contribution in [0, 0.1) is 0 Å². The van der Waals surface area contributed by atoms with Crippen LogP contribution in [0.4, 0.5) is 0 Å². The summed E-state index contributed by atoms with van der Waals surface area (Å²) in [4.78, 5) is 0. The molecule has 0 amide bonds. The number of rotatable bonds is 8. The summed E-state index contributed by atoms with van der Waals surface area (Å²) in [5.74, 6) is 0. The van der Waals surface area contributed by atoms with Gasteiger partial charge in [-0.15, -0.1) is 11.8 Å². The second kappa shape index (κ2) is 10.7. The van der Waals surface area contributed by atoms with E-state index in [-0.39, 0.29) is 11.5 Å². The summed E-state index contributed by atoms with van der Waals surface area (Å²) in [6.07, 6.45) is -1.38. The van der Waals surface area contributed by atoms with Gasteiger partial charge in [0.25, 0.3) is 0 Å². The maximum Gasteiger partial charge on any atom is 0.466 e. The van der Waals surface area contributed by atoms with Crippen LogP contribution in [0.2, 0.25) is 0 Å². The Morgan fingerprint density at radius 1 is 1.28 bits per heavy atom. The third kappa shape index (κ3) is 7.80. The van der Waals surface area contributed by atoms with Crippen LogP contribution < -0.4 is 0 Å². The summed E-state index contributed by atoms with van der Waals surface area (Å²) in [7, 11) is -4.80. The van der Waals surface area contributed by atoms with E-state index in [9.17, 15) is 23.7 Å².